The van der Waals surface area contributed by atoms with Gasteiger partial charge in [0.25, 0.3) is 0 Å². The molecule has 1 saturated carbocycles. The summed E-state index contributed by atoms with van der Waals surface area (Å²) < 4.78 is 11.5. The Labute approximate surface area is 122 Å². The first-order valence-corrected chi connectivity index (χ1v) is 7.87. The van der Waals surface area contributed by atoms with E-state index in [0.717, 1.165) is 24.5 Å². The molecule has 1 fully saturated rings. The zero-order chi connectivity index (χ0) is 14.2. The number of rotatable bonds is 6. The third-order valence-electron chi connectivity index (χ3n) is 3.94. The molecule has 0 spiro atoms. The van der Waals surface area contributed by atoms with Gasteiger partial charge in [-0.05, 0) is 44.4 Å². The second-order valence-corrected chi connectivity index (χ2v) is 5.53. The first-order chi connectivity index (χ1) is 9.83. The molecule has 20 heavy (non-hydrogen) atoms. The Kier molecular flexibility index (Phi) is 6.19. The molecule has 112 valence electrons. The van der Waals surface area contributed by atoms with Crippen LogP contribution >= 0.6 is 0 Å². The van der Waals surface area contributed by atoms with Crippen molar-refractivity contribution in [2.45, 2.75) is 57.6 Å². The minimum absolute atomic E-state index is 0.274. The largest absolute Gasteiger partial charge is 0.497 e. The van der Waals surface area contributed by atoms with Crippen LogP contribution in [0.1, 0.15) is 45.4 Å². The highest BCUT2D eigenvalue weighted by Gasteiger charge is 2.24. The molecule has 0 radical (unpaired) electrons. The Hall–Kier alpha value is -1.22. The second-order valence-electron chi connectivity index (χ2n) is 5.53. The molecular formula is C17H27NO2. The molecular weight excluding hydrogens is 250 g/mol. The van der Waals surface area contributed by atoms with E-state index in [1.807, 2.05) is 24.3 Å². The van der Waals surface area contributed by atoms with Gasteiger partial charge in [0.2, 0.25) is 0 Å². The number of nitrogens with one attached hydrogen (secondary N) is 1. The van der Waals surface area contributed by atoms with Crippen LogP contribution in [0.25, 0.3) is 0 Å². The van der Waals surface area contributed by atoms with Crippen molar-refractivity contribution < 1.29 is 9.47 Å². The molecule has 2 unspecified atom stereocenters. The van der Waals surface area contributed by atoms with Gasteiger partial charge < -0.3 is 14.8 Å². The maximum absolute atomic E-state index is 6.24. The van der Waals surface area contributed by atoms with Crippen molar-refractivity contribution in [1.82, 2.24) is 5.32 Å². The van der Waals surface area contributed by atoms with E-state index in [-0.39, 0.29) is 6.10 Å². The van der Waals surface area contributed by atoms with Crippen molar-refractivity contribution in [2.75, 3.05) is 13.7 Å². The maximum Gasteiger partial charge on any atom is 0.123 e. The number of hydrogen-bond acceptors (Lipinski definition) is 3. The third kappa shape index (κ3) is 4.41. The molecule has 1 aliphatic carbocycles. The van der Waals surface area contributed by atoms with E-state index in [2.05, 4.69) is 12.2 Å². The lowest BCUT2D eigenvalue weighted by Gasteiger charge is -2.27. The van der Waals surface area contributed by atoms with Crippen LogP contribution in [0.4, 0.5) is 0 Å². The summed E-state index contributed by atoms with van der Waals surface area (Å²) in [6, 6.07) is 8.40. The van der Waals surface area contributed by atoms with Crippen LogP contribution in [-0.4, -0.2) is 25.8 Å². The Morgan fingerprint density at radius 1 is 1.15 bits per heavy atom. The molecule has 3 nitrogen and oxygen atoms in total. The van der Waals surface area contributed by atoms with Crippen molar-refractivity contribution in [3.05, 3.63) is 24.3 Å². The van der Waals surface area contributed by atoms with Gasteiger partial charge in [0.1, 0.15) is 17.6 Å². The first-order valence-electron chi connectivity index (χ1n) is 7.87. The normalized spacial score (nSPS) is 23.1. The molecule has 0 aromatic heterocycles. The van der Waals surface area contributed by atoms with Crippen molar-refractivity contribution in [3.63, 3.8) is 0 Å². The molecule has 2 atom stereocenters. The van der Waals surface area contributed by atoms with Crippen LogP contribution in [0, 0.1) is 0 Å². The van der Waals surface area contributed by atoms with Crippen LogP contribution in [0.3, 0.4) is 0 Å². The van der Waals surface area contributed by atoms with E-state index in [9.17, 15) is 0 Å². The summed E-state index contributed by atoms with van der Waals surface area (Å²) in [6.45, 7) is 3.28. The quantitative estimate of drug-likeness (QED) is 0.803. The van der Waals surface area contributed by atoms with Gasteiger partial charge in [-0.1, -0.05) is 25.8 Å². The highest BCUT2D eigenvalue weighted by Crippen LogP contribution is 2.25. The monoisotopic (exact) mass is 277 g/mol. The number of hydrogen-bond donors (Lipinski definition) is 1. The molecule has 0 heterocycles. The highest BCUT2D eigenvalue weighted by atomic mass is 16.5. The molecule has 2 rings (SSSR count). The average molecular weight is 277 g/mol. The van der Waals surface area contributed by atoms with Gasteiger partial charge in [0, 0.05) is 12.1 Å². The minimum atomic E-state index is 0.274. The summed E-state index contributed by atoms with van der Waals surface area (Å²) in [5.41, 5.74) is 0. The second kappa shape index (κ2) is 8.15. The van der Waals surface area contributed by atoms with Crippen LogP contribution < -0.4 is 14.8 Å². The molecule has 0 amide bonds. The zero-order valence-corrected chi connectivity index (χ0v) is 12.7. The number of methoxy groups -OCH3 is 1. The van der Waals surface area contributed by atoms with Crippen molar-refractivity contribution in [2.24, 2.45) is 0 Å². The van der Waals surface area contributed by atoms with Gasteiger partial charge in [-0.15, -0.1) is 0 Å². The van der Waals surface area contributed by atoms with E-state index in [1.54, 1.807) is 7.11 Å². The van der Waals surface area contributed by atoms with E-state index >= 15 is 0 Å². The Morgan fingerprint density at radius 2 is 1.95 bits per heavy atom. The van der Waals surface area contributed by atoms with Crippen LogP contribution in [0.15, 0.2) is 24.3 Å². The zero-order valence-electron chi connectivity index (χ0n) is 12.7. The predicted molar refractivity (Wildman–Crippen MR) is 82.6 cm³/mol. The van der Waals surface area contributed by atoms with Gasteiger partial charge >= 0.3 is 0 Å². The fraction of sp³-hybridized carbons (Fsp3) is 0.647. The van der Waals surface area contributed by atoms with Crippen LogP contribution in [0.5, 0.6) is 11.5 Å². The summed E-state index contributed by atoms with van der Waals surface area (Å²) in [7, 11) is 1.69. The lowest BCUT2D eigenvalue weighted by atomic mass is 10.1. The lowest BCUT2D eigenvalue weighted by Crippen LogP contribution is -2.42. The van der Waals surface area contributed by atoms with Gasteiger partial charge in [-0.25, -0.2) is 0 Å². The van der Waals surface area contributed by atoms with Crippen LogP contribution in [-0.2, 0) is 0 Å². The molecule has 1 aromatic carbocycles. The average Bonchev–Trinajstić information content (AvgIpc) is 2.70. The van der Waals surface area contributed by atoms with Gasteiger partial charge in [-0.3, -0.25) is 0 Å². The van der Waals surface area contributed by atoms with E-state index in [1.165, 1.54) is 32.1 Å². The molecule has 1 N–H and O–H groups in total. The maximum atomic E-state index is 6.24. The third-order valence-corrected chi connectivity index (χ3v) is 3.94. The Bertz CT molecular complexity index is 394. The smallest absolute Gasteiger partial charge is 0.123 e. The minimum Gasteiger partial charge on any atom is -0.497 e. The first kappa shape index (κ1) is 15.2. The van der Waals surface area contributed by atoms with Gasteiger partial charge in [0.15, 0.2) is 0 Å². The van der Waals surface area contributed by atoms with E-state index in [0.29, 0.717) is 6.04 Å². The van der Waals surface area contributed by atoms with E-state index in [4.69, 9.17) is 9.47 Å². The number of ether oxygens (including phenoxy) is 2. The topological polar surface area (TPSA) is 30.5 Å². The van der Waals surface area contributed by atoms with Gasteiger partial charge in [0.05, 0.1) is 7.11 Å². The molecule has 0 aliphatic heterocycles. The molecule has 1 aromatic rings. The van der Waals surface area contributed by atoms with Crippen molar-refractivity contribution >= 4 is 0 Å². The van der Waals surface area contributed by atoms with Gasteiger partial charge in [-0.2, -0.15) is 0 Å². The SMILES string of the molecule is CCCNC1CCCCCC1Oc1cccc(OC)c1. The molecule has 1 aliphatic rings. The predicted octanol–water partition coefficient (Wildman–Crippen LogP) is 3.77. The molecule has 0 bridgehead atoms. The summed E-state index contributed by atoms with van der Waals surface area (Å²) >= 11 is 0. The van der Waals surface area contributed by atoms with Crippen molar-refractivity contribution in [3.8, 4) is 11.5 Å². The Morgan fingerprint density at radius 3 is 2.75 bits per heavy atom. The summed E-state index contributed by atoms with van der Waals surface area (Å²) in [4.78, 5) is 0. The molecule has 0 saturated heterocycles. The summed E-state index contributed by atoms with van der Waals surface area (Å²) in [6.07, 6.45) is 7.69. The van der Waals surface area contributed by atoms with Crippen LogP contribution in [0.2, 0.25) is 0 Å². The number of benzene rings is 1. The summed E-state index contributed by atoms with van der Waals surface area (Å²) in [5, 5.41) is 3.65. The van der Waals surface area contributed by atoms with Crippen molar-refractivity contribution in [1.29, 1.82) is 0 Å². The standard InChI is InChI=1S/C17H27NO2/c1-3-12-18-16-10-5-4-6-11-17(16)20-15-9-7-8-14(13-15)19-2/h7-9,13,16-18H,3-6,10-12H2,1-2H3. The van der Waals surface area contributed by atoms with E-state index < -0.39 is 0 Å². The fourth-order valence-corrected chi connectivity index (χ4v) is 2.83. The summed E-state index contributed by atoms with van der Waals surface area (Å²) in [5.74, 6) is 1.77. The highest BCUT2D eigenvalue weighted by molar-refractivity contribution is 5.33. The Balaban J connectivity index is 2.01. The molecule has 3 heteroatoms. The fourth-order valence-electron chi connectivity index (χ4n) is 2.83. The lowest BCUT2D eigenvalue weighted by molar-refractivity contribution is 0.144.